The molecule has 19 heavy (non-hydrogen) atoms. The highest BCUT2D eigenvalue weighted by molar-refractivity contribution is 5.46. The quantitative estimate of drug-likeness (QED) is 0.667. The van der Waals surface area contributed by atoms with Crippen LogP contribution in [0.4, 0.5) is 5.69 Å². The van der Waals surface area contributed by atoms with Crippen molar-refractivity contribution in [2.24, 2.45) is 5.73 Å². The number of ether oxygens (including phenoxy) is 2. The molecule has 0 radical (unpaired) electrons. The van der Waals surface area contributed by atoms with Crippen LogP contribution < -0.4 is 15.2 Å². The van der Waals surface area contributed by atoms with Crippen LogP contribution in [0.15, 0.2) is 18.2 Å². The zero-order valence-corrected chi connectivity index (χ0v) is 10.9. The van der Waals surface area contributed by atoms with Crippen molar-refractivity contribution < 1.29 is 14.4 Å². The summed E-state index contributed by atoms with van der Waals surface area (Å²) in [4.78, 5) is 10.4. The Labute approximate surface area is 111 Å². The van der Waals surface area contributed by atoms with Gasteiger partial charge in [0.2, 0.25) is 0 Å². The van der Waals surface area contributed by atoms with Crippen LogP contribution in [-0.4, -0.2) is 24.2 Å². The van der Waals surface area contributed by atoms with E-state index in [0.29, 0.717) is 11.5 Å². The summed E-state index contributed by atoms with van der Waals surface area (Å²) in [6.45, 7) is 0. The Morgan fingerprint density at radius 1 is 1.26 bits per heavy atom. The molecule has 6 heteroatoms. The maximum absolute atomic E-state index is 10.8. The van der Waals surface area contributed by atoms with Crippen LogP contribution in [0.1, 0.15) is 25.7 Å². The fraction of sp³-hybridized carbons (Fsp3) is 0.538. The second-order valence-electron chi connectivity index (χ2n) is 4.73. The first-order valence-electron chi connectivity index (χ1n) is 6.36. The van der Waals surface area contributed by atoms with Gasteiger partial charge in [-0.2, -0.15) is 0 Å². The summed E-state index contributed by atoms with van der Waals surface area (Å²) in [5, 5.41) is 10.8. The Morgan fingerprint density at radius 2 is 1.95 bits per heavy atom. The third kappa shape index (κ3) is 3.35. The van der Waals surface area contributed by atoms with Crippen molar-refractivity contribution in [1.82, 2.24) is 0 Å². The van der Waals surface area contributed by atoms with Gasteiger partial charge in [-0.1, -0.05) is 6.42 Å². The lowest BCUT2D eigenvalue weighted by Gasteiger charge is -2.29. The maximum atomic E-state index is 10.8. The van der Waals surface area contributed by atoms with Crippen LogP contribution in [0, 0.1) is 10.1 Å². The van der Waals surface area contributed by atoms with Crippen LogP contribution in [0.5, 0.6) is 11.5 Å². The molecule has 1 saturated carbocycles. The molecule has 1 fully saturated rings. The van der Waals surface area contributed by atoms with E-state index < -0.39 is 4.92 Å². The summed E-state index contributed by atoms with van der Waals surface area (Å²) in [7, 11) is 1.47. The predicted octanol–water partition coefficient (Wildman–Crippen LogP) is 2.25. The highest BCUT2D eigenvalue weighted by Crippen LogP contribution is 2.30. The molecular weight excluding hydrogens is 248 g/mol. The van der Waals surface area contributed by atoms with Crippen LogP contribution >= 0.6 is 0 Å². The first-order chi connectivity index (χ1) is 9.10. The Balaban J connectivity index is 2.18. The molecule has 0 aromatic heterocycles. The highest BCUT2D eigenvalue weighted by Gasteiger charge is 2.24. The molecule has 2 atom stereocenters. The molecule has 0 bridgehead atoms. The summed E-state index contributed by atoms with van der Waals surface area (Å²) < 4.78 is 10.8. The van der Waals surface area contributed by atoms with Crippen molar-refractivity contribution in [3.63, 3.8) is 0 Å². The number of hydrogen-bond donors (Lipinski definition) is 1. The molecule has 0 saturated heterocycles. The predicted molar refractivity (Wildman–Crippen MR) is 70.5 cm³/mol. The largest absolute Gasteiger partial charge is 0.496 e. The SMILES string of the molecule is COc1cc(OC2CCCCC2N)cc([N+](=O)[O-])c1. The van der Waals surface area contributed by atoms with Gasteiger partial charge in [0.25, 0.3) is 5.69 Å². The normalized spacial score (nSPS) is 22.8. The molecule has 1 aromatic carbocycles. The zero-order chi connectivity index (χ0) is 13.8. The van der Waals surface area contributed by atoms with E-state index in [4.69, 9.17) is 15.2 Å². The molecule has 2 unspecified atom stereocenters. The monoisotopic (exact) mass is 266 g/mol. The van der Waals surface area contributed by atoms with E-state index in [2.05, 4.69) is 0 Å². The van der Waals surface area contributed by atoms with Crippen molar-refractivity contribution in [3.05, 3.63) is 28.3 Å². The van der Waals surface area contributed by atoms with Crippen molar-refractivity contribution >= 4 is 5.69 Å². The number of methoxy groups -OCH3 is 1. The molecule has 104 valence electrons. The average Bonchev–Trinajstić information content (AvgIpc) is 2.41. The van der Waals surface area contributed by atoms with Gasteiger partial charge < -0.3 is 15.2 Å². The van der Waals surface area contributed by atoms with Crippen molar-refractivity contribution in [2.45, 2.75) is 37.8 Å². The topological polar surface area (TPSA) is 87.6 Å². The second-order valence-corrected chi connectivity index (χ2v) is 4.73. The Hall–Kier alpha value is -1.82. The molecule has 0 heterocycles. The third-order valence-corrected chi connectivity index (χ3v) is 3.35. The number of rotatable bonds is 4. The van der Waals surface area contributed by atoms with Crippen LogP contribution in [0.2, 0.25) is 0 Å². The number of benzene rings is 1. The fourth-order valence-electron chi connectivity index (χ4n) is 2.29. The number of nitrogens with zero attached hydrogens (tertiary/aromatic N) is 1. The molecule has 1 aliphatic rings. The summed E-state index contributed by atoms with van der Waals surface area (Å²) in [5.74, 6) is 0.849. The number of non-ortho nitro benzene ring substituents is 1. The number of hydrogen-bond acceptors (Lipinski definition) is 5. The Morgan fingerprint density at radius 3 is 2.58 bits per heavy atom. The lowest BCUT2D eigenvalue weighted by molar-refractivity contribution is -0.385. The van der Waals surface area contributed by atoms with Crippen molar-refractivity contribution in [1.29, 1.82) is 0 Å². The lowest BCUT2D eigenvalue weighted by Crippen LogP contribution is -2.41. The number of nitrogens with two attached hydrogens (primary N) is 1. The minimum atomic E-state index is -0.462. The minimum Gasteiger partial charge on any atom is -0.496 e. The summed E-state index contributed by atoms with van der Waals surface area (Å²) >= 11 is 0. The molecule has 2 N–H and O–H groups in total. The van der Waals surface area contributed by atoms with Crippen LogP contribution in [-0.2, 0) is 0 Å². The van der Waals surface area contributed by atoms with E-state index in [1.165, 1.54) is 19.2 Å². The molecule has 2 rings (SSSR count). The maximum Gasteiger partial charge on any atom is 0.276 e. The summed E-state index contributed by atoms with van der Waals surface area (Å²) in [5.41, 5.74) is 5.96. The smallest absolute Gasteiger partial charge is 0.276 e. The van der Waals surface area contributed by atoms with E-state index in [1.54, 1.807) is 6.07 Å². The van der Waals surface area contributed by atoms with Gasteiger partial charge >= 0.3 is 0 Å². The van der Waals surface area contributed by atoms with E-state index in [1.807, 2.05) is 0 Å². The molecule has 0 aliphatic heterocycles. The van der Waals surface area contributed by atoms with Crippen LogP contribution in [0.3, 0.4) is 0 Å². The van der Waals surface area contributed by atoms with E-state index in [-0.39, 0.29) is 17.8 Å². The van der Waals surface area contributed by atoms with Gasteiger partial charge in [-0.25, -0.2) is 0 Å². The van der Waals surface area contributed by atoms with E-state index in [0.717, 1.165) is 25.7 Å². The van der Waals surface area contributed by atoms with Gasteiger partial charge in [-0.3, -0.25) is 10.1 Å². The minimum absolute atomic E-state index is 0.0148. The fourth-order valence-corrected chi connectivity index (χ4v) is 2.29. The van der Waals surface area contributed by atoms with Gasteiger partial charge in [0, 0.05) is 12.1 Å². The standard InChI is InChI=1S/C13H18N2O4/c1-18-10-6-9(15(16)17)7-11(8-10)19-13-5-3-2-4-12(13)14/h6-8,12-13H,2-5,14H2,1H3. The summed E-state index contributed by atoms with van der Waals surface area (Å²) in [6, 6.07) is 4.41. The van der Waals surface area contributed by atoms with Gasteiger partial charge in [0.15, 0.2) is 0 Å². The molecule has 0 amide bonds. The lowest BCUT2D eigenvalue weighted by atomic mass is 9.93. The van der Waals surface area contributed by atoms with Gasteiger partial charge in [-0.15, -0.1) is 0 Å². The van der Waals surface area contributed by atoms with Crippen molar-refractivity contribution in [3.8, 4) is 11.5 Å². The zero-order valence-electron chi connectivity index (χ0n) is 10.9. The Bertz CT molecular complexity index is 464. The van der Waals surface area contributed by atoms with E-state index in [9.17, 15) is 10.1 Å². The third-order valence-electron chi connectivity index (χ3n) is 3.35. The number of nitro groups is 1. The molecule has 1 aromatic rings. The molecular formula is C13H18N2O4. The van der Waals surface area contributed by atoms with Gasteiger partial charge in [-0.05, 0) is 19.3 Å². The molecule has 6 nitrogen and oxygen atoms in total. The van der Waals surface area contributed by atoms with Gasteiger partial charge in [0.1, 0.15) is 17.6 Å². The first kappa shape index (κ1) is 13.6. The number of nitro benzene ring substituents is 1. The second kappa shape index (κ2) is 5.88. The molecule has 0 spiro atoms. The highest BCUT2D eigenvalue weighted by atomic mass is 16.6. The summed E-state index contributed by atoms with van der Waals surface area (Å²) in [6.07, 6.45) is 3.91. The molecule has 1 aliphatic carbocycles. The van der Waals surface area contributed by atoms with Crippen LogP contribution in [0.25, 0.3) is 0 Å². The van der Waals surface area contributed by atoms with E-state index >= 15 is 0 Å². The Kier molecular flexibility index (Phi) is 4.21. The van der Waals surface area contributed by atoms with Gasteiger partial charge in [0.05, 0.1) is 24.2 Å². The first-order valence-corrected chi connectivity index (χ1v) is 6.36. The average molecular weight is 266 g/mol. The van der Waals surface area contributed by atoms with Crippen molar-refractivity contribution in [2.75, 3.05) is 7.11 Å².